The van der Waals surface area contributed by atoms with Crippen LogP contribution < -0.4 is 5.32 Å². The van der Waals surface area contributed by atoms with Gasteiger partial charge in [-0.1, -0.05) is 11.6 Å². The number of hydrogen-bond acceptors (Lipinski definition) is 2. The highest BCUT2D eigenvalue weighted by molar-refractivity contribution is 6.30. The summed E-state index contributed by atoms with van der Waals surface area (Å²) in [5.41, 5.74) is 0.705. The molecule has 1 heterocycles. The number of rotatable bonds is 3. The zero-order chi connectivity index (χ0) is 12.4. The van der Waals surface area contributed by atoms with Gasteiger partial charge in [0.2, 0.25) is 0 Å². The summed E-state index contributed by atoms with van der Waals surface area (Å²) in [6, 6.07) is 4.89. The second-order valence-electron chi connectivity index (χ2n) is 4.83. The maximum Gasteiger partial charge on any atom is 0.128 e. The fraction of sp³-hybridized carbons (Fsp3) is 0.538. The summed E-state index contributed by atoms with van der Waals surface area (Å²) in [6.07, 6.45) is 1.08. The third-order valence-electron chi connectivity index (χ3n) is 3.38. The molecular formula is C13H18ClFN2. The molecule has 1 aliphatic heterocycles. The van der Waals surface area contributed by atoms with Crippen molar-refractivity contribution in [3.63, 3.8) is 0 Å². The summed E-state index contributed by atoms with van der Waals surface area (Å²) in [7, 11) is 3.98. The molecule has 0 amide bonds. The summed E-state index contributed by atoms with van der Waals surface area (Å²) >= 11 is 5.97. The first-order valence-electron chi connectivity index (χ1n) is 5.91. The Morgan fingerprint density at radius 2 is 2.24 bits per heavy atom. The Morgan fingerprint density at radius 1 is 1.47 bits per heavy atom. The first-order valence-corrected chi connectivity index (χ1v) is 6.29. The number of nitrogens with zero attached hydrogens (tertiary/aromatic N) is 1. The zero-order valence-electron chi connectivity index (χ0n) is 10.2. The predicted octanol–water partition coefficient (Wildman–Crippen LogP) is 2.69. The lowest BCUT2D eigenvalue weighted by molar-refractivity contribution is 0.217. The SMILES string of the molecule is CN(C)C(c1cc(Cl)ccc1F)C1CCNC1. The molecular weight excluding hydrogens is 239 g/mol. The van der Waals surface area contributed by atoms with Gasteiger partial charge >= 0.3 is 0 Å². The highest BCUT2D eigenvalue weighted by Crippen LogP contribution is 2.33. The van der Waals surface area contributed by atoms with Gasteiger partial charge in [0.25, 0.3) is 0 Å². The van der Waals surface area contributed by atoms with Crippen LogP contribution in [0.15, 0.2) is 18.2 Å². The van der Waals surface area contributed by atoms with Crippen molar-refractivity contribution in [1.82, 2.24) is 10.2 Å². The Hall–Kier alpha value is -0.640. The van der Waals surface area contributed by atoms with Gasteiger partial charge in [-0.05, 0) is 57.7 Å². The number of halogens is 2. The number of hydrogen-bond donors (Lipinski definition) is 1. The summed E-state index contributed by atoms with van der Waals surface area (Å²) in [6.45, 7) is 1.95. The summed E-state index contributed by atoms with van der Waals surface area (Å²) in [5.74, 6) is 0.276. The molecule has 4 heteroatoms. The molecule has 17 heavy (non-hydrogen) atoms. The van der Waals surface area contributed by atoms with Crippen LogP contribution in [-0.2, 0) is 0 Å². The van der Waals surface area contributed by atoms with Gasteiger partial charge in [-0.3, -0.25) is 0 Å². The normalized spacial score (nSPS) is 22.1. The fourth-order valence-electron chi connectivity index (χ4n) is 2.64. The molecule has 1 saturated heterocycles. The summed E-state index contributed by atoms with van der Waals surface area (Å²) in [5, 5.41) is 3.93. The minimum Gasteiger partial charge on any atom is -0.316 e. The molecule has 1 fully saturated rings. The van der Waals surface area contributed by atoms with Crippen molar-refractivity contribution in [2.24, 2.45) is 5.92 Å². The van der Waals surface area contributed by atoms with E-state index in [0.29, 0.717) is 16.5 Å². The molecule has 0 saturated carbocycles. The molecule has 94 valence electrons. The fourth-order valence-corrected chi connectivity index (χ4v) is 2.82. The molecule has 2 atom stereocenters. The van der Waals surface area contributed by atoms with E-state index in [4.69, 9.17) is 11.6 Å². The highest BCUT2D eigenvalue weighted by Gasteiger charge is 2.29. The molecule has 2 unspecified atom stereocenters. The lowest BCUT2D eigenvalue weighted by Gasteiger charge is -2.30. The Kier molecular flexibility index (Phi) is 4.02. The summed E-state index contributed by atoms with van der Waals surface area (Å²) in [4.78, 5) is 2.08. The molecule has 1 N–H and O–H groups in total. The van der Waals surface area contributed by atoms with Crippen LogP contribution in [-0.4, -0.2) is 32.1 Å². The second kappa shape index (κ2) is 5.34. The molecule has 0 radical (unpaired) electrons. The van der Waals surface area contributed by atoms with Crippen molar-refractivity contribution >= 4 is 11.6 Å². The molecule has 1 aromatic carbocycles. The van der Waals surface area contributed by atoms with Gasteiger partial charge in [-0.25, -0.2) is 4.39 Å². The number of nitrogens with one attached hydrogen (secondary N) is 1. The van der Waals surface area contributed by atoms with Gasteiger partial charge in [0.05, 0.1) is 0 Å². The van der Waals surface area contributed by atoms with Crippen molar-refractivity contribution in [3.8, 4) is 0 Å². The van der Waals surface area contributed by atoms with Crippen LogP contribution >= 0.6 is 11.6 Å². The minimum atomic E-state index is -0.167. The van der Waals surface area contributed by atoms with Gasteiger partial charge in [-0.15, -0.1) is 0 Å². The van der Waals surface area contributed by atoms with Crippen molar-refractivity contribution in [3.05, 3.63) is 34.6 Å². The minimum absolute atomic E-state index is 0.0868. The second-order valence-corrected chi connectivity index (χ2v) is 5.26. The van der Waals surface area contributed by atoms with Crippen LogP contribution in [0.3, 0.4) is 0 Å². The molecule has 2 rings (SSSR count). The van der Waals surface area contributed by atoms with Crippen LogP contribution in [0.1, 0.15) is 18.0 Å². The highest BCUT2D eigenvalue weighted by atomic mass is 35.5. The Morgan fingerprint density at radius 3 is 2.82 bits per heavy atom. The average Bonchev–Trinajstić information content (AvgIpc) is 2.76. The predicted molar refractivity (Wildman–Crippen MR) is 68.8 cm³/mol. The largest absolute Gasteiger partial charge is 0.316 e. The van der Waals surface area contributed by atoms with E-state index in [1.807, 2.05) is 14.1 Å². The van der Waals surface area contributed by atoms with Crippen LogP contribution in [0, 0.1) is 11.7 Å². The number of benzene rings is 1. The molecule has 0 aliphatic carbocycles. The van der Waals surface area contributed by atoms with E-state index in [1.54, 1.807) is 12.1 Å². The average molecular weight is 257 g/mol. The Balaban J connectivity index is 2.34. The van der Waals surface area contributed by atoms with Crippen LogP contribution in [0.25, 0.3) is 0 Å². The van der Waals surface area contributed by atoms with Gasteiger partial charge in [0.1, 0.15) is 5.82 Å². The van der Waals surface area contributed by atoms with Crippen LogP contribution in [0.4, 0.5) is 4.39 Å². The van der Waals surface area contributed by atoms with E-state index < -0.39 is 0 Å². The van der Waals surface area contributed by atoms with E-state index in [9.17, 15) is 4.39 Å². The van der Waals surface area contributed by atoms with E-state index in [-0.39, 0.29) is 11.9 Å². The maximum atomic E-state index is 13.9. The molecule has 0 aromatic heterocycles. The topological polar surface area (TPSA) is 15.3 Å². The third-order valence-corrected chi connectivity index (χ3v) is 3.61. The quantitative estimate of drug-likeness (QED) is 0.895. The van der Waals surface area contributed by atoms with Gasteiger partial charge in [0, 0.05) is 16.6 Å². The van der Waals surface area contributed by atoms with Crippen LogP contribution in [0.2, 0.25) is 5.02 Å². The Bertz CT molecular complexity index is 389. The first kappa shape index (κ1) is 12.8. The standard InChI is InChI=1S/C13H18ClFN2/c1-17(2)13(9-5-6-16-8-9)11-7-10(14)3-4-12(11)15/h3-4,7,9,13,16H,5-6,8H2,1-2H3. The Labute approximate surface area is 107 Å². The first-order chi connectivity index (χ1) is 8.09. The van der Waals surface area contributed by atoms with E-state index in [2.05, 4.69) is 10.2 Å². The van der Waals surface area contributed by atoms with Crippen LogP contribution in [0.5, 0.6) is 0 Å². The van der Waals surface area contributed by atoms with E-state index >= 15 is 0 Å². The van der Waals surface area contributed by atoms with Crippen molar-refractivity contribution < 1.29 is 4.39 Å². The zero-order valence-corrected chi connectivity index (χ0v) is 11.0. The molecule has 0 bridgehead atoms. The smallest absolute Gasteiger partial charge is 0.128 e. The van der Waals surface area contributed by atoms with Crippen molar-refractivity contribution in [2.75, 3.05) is 27.2 Å². The molecule has 1 aromatic rings. The molecule has 0 spiro atoms. The lowest BCUT2D eigenvalue weighted by atomic mass is 9.91. The third kappa shape index (κ3) is 2.79. The summed E-state index contributed by atoms with van der Waals surface area (Å²) < 4.78 is 13.9. The lowest BCUT2D eigenvalue weighted by Crippen LogP contribution is -2.29. The van der Waals surface area contributed by atoms with E-state index in [1.165, 1.54) is 6.07 Å². The van der Waals surface area contributed by atoms with Crippen molar-refractivity contribution in [1.29, 1.82) is 0 Å². The van der Waals surface area contributed by atoms with E-state index in [0.717, 1.165) is 19.5 Å². The van der Waals surface area contributed by atoms with Gasteiger partial charge in [-0.2, -0.15) is 0 Å². The molecule has 1 aliphatic rings. The maximum absolute atomic E-state index is 13.9. The molecule has 2 nitrogen and oxygen atoms in total. The monoisotopic (exact) mass is 256 g/mol. The van der Waals surface area contributed by atoms with Gasteiger partial charge in [0.15, 0.2) is 0 Å². The van der Waals surface area contributed by atoms with Crippen molar-refractivity contribution in [2.45, 2.75) is 12.5 Å². The van der Waals surface area contributed by atoms with Gasteiger partial charge < -0.3 is 10.2 Å².